The Bertz CT molecular complexity index is 763. The molecule has 0 aliphatic carbocycles. The minimum atomic E-state index is -0.182. The molecule has 21 heavy (non-hydrogen) atoms. The van der Waals surface area contributed by atoms with E-state index in [4.69, 9.17) is 4.42 Å². The summed E-state index contributed by atoms with van der Waals surface area (Å²) in [5.41, 5.74) is 2.70. The van der Waals surface area contributed by atoms with E-state index in [0.29, 0.717) is 12.1 Å². The Morgan fingerprint density at radius 2 is 1.81 bits per heavy atom. The van der Waals surface area contributed by atoms with Crippen LogP contribution < -0.4 is 5.32 Å². The first-order valence-corrected chi connectivity index (χ1v) is 7.11. The number of aryl methyl sites for hydroxylation is 1. The van der Waals surface area contributed by atoms with Crippen LogP contribution in [0.3, 0.4) is 0 Å². The van der Waals surface area contributed by atoms with Crippen LogP contribution in [0.5, 0.6) is 0 Å². The maximum atomic E-state index is 13.6. The van der Waals surface area contributed by atoms with Gasteiger partial charge in [0, 0.05) is 17.5 Å². The molecule has 3 aromatic rings. The number of hydrogen-bond donors (Lipinski definition) is 1. The first-order valence-electron chi connectivity index (χ1n) is 7.11. The number of hydrogen-bond acceptors (Lipinski definition) is 2. The van der Waals surface area contributed by atoms with Crippen molar-refractivity contribution in [1.82, 2.24) is 5.32 Å². The number of nitrogens with one attached hydrogen (secondary N) is 1. The molecule has 1 unspecified atom stereocenters. The molecule has 1 heterocycles. The quantitative estimate of drug-likeness (QED) is 0.748. The van der Waals surface area contributed by atoms with Gasteiger partial charge in [-0.1, -0.05) is 36.4 Å². The summed E-state index contributed by atoms with van der Waals surface area (Å²) in [5, 5.41) is 4.46. The van der Waals surface area contributed by atoms with Gasteiger partial charge < -0.3 is 9.73 Å². The minimum Gasteiger partial charge on any atom is -0.459 e. The summed E-state index contributed by atoms with van der Waals surface area (Å²) in [6, 6.07) is 14.8. The van der Waals surface area contributed by atoms with Gasteiger partial charge >= 0.3 is 0 Å². The standard InChI is InChI=1S/C18H18FNO/c1-12-15-8-4-6-10-17(15)21-18(12)13(2)20-11-14-7-3-5-9-16(14)19/h3-10,13,20H,11H2,1-2H3. The van der Waals surface area contributed by atoms with Crippen molar-refractivity contribution in [2.75, 3.05) is 0 Å². The van der Waals surface area contributed by atoms with Crippen LogP contribution in [0.15, 0.2) is 52.9 Å². The van der Waals surface area contributed by atoms with Crippen LogP contribution in [0.1, 0.15) is 29.9 Å². The van der Waals surface area contributed by atoms with E-state index in [-0.39, 0.29) is 11.9 Å². The van der Waals surface area contributed by atoms with Crippen LogP contribution in [0.4, 0.5) is 4.39 Å². The van der Waals surface area contributed by atoms with E-state index in [1.807, 2.05) is 31.2 Å². The van der Waals surface area contributed by atoms with Crippen LogP contribution in [0.2, 0.25) is 0 Å². The summed E-state index contributed by atoms with van der Waals surface area (Å²) in [5.74, 6) is 0.728. The fraction of sp³-hybridized carbons (Fsp3) is 0.222. The normalized spacial score (nSPS) is 12.7. The number of halogens is 1. The number of para-hydroxylation sites is 1. The molecule has 2 aromatic carbocycles. The zero-order valence-corrected chi connectivity index (χ0v) is 12.2. The average Bonchev–Trinajstić information content (AvgIpc) is 2.84. The molecule has 0 bridgehead atoms. The molecular weight excluding hydrogens is 265 g/mol. The molecule has 1 atom stereocenters. The highest BCUT2D eigenvalue weighted by Crippen LogP contribution is 2.29. The second kappa shape index (κ2) is 5.70. The van der Waals surface area contributed by atoms with Gasteiger partial charge in [-0.05, 0) is 31.5 Å². The molecule has 0 fully saturated rings. The first-order chi connectivity index (χ1) is 10.2. The lowest BCUT2D eigenvalue weighted by Gasteiger charge is -2.13. The van der Waals surface area contributed by atoms with Crippen molar-refractivity contribution in [3.63, 3.8) is 0 Å². The van der Waals surface area contributed by atoms with Gasteiger partial charge in [0.25, 0.3) is 0 Å². The second-order valence-electron chi connectivity index (χ2n) is 5.28. The van der Waals surface area contributed by atoms with E-state index in [0.717, 1.165) is 22.3 Å². The van der Waals surface area contributed by atoms with Crippen molar-refractivity contribution in [1.29, 1.82) is 0 Å². The molecule has 108 valence electrons. The summed E-state index contributed by atoms with van der Waals surface area (Å²) in [6.07, 6.45) is 0. The third-order valence-corrected chi connectivity index (χ3v) is 3.83. The molecule has 0 saturated carbocycles. The van der Waals surface area contributed by atoms with Crippen molar-refractivity contribution >= 4 is 11.0 Å². The molecule has 1 N–H and O–H groups in total. The van der Waals surface area contributed by atoms with Gasteiger partial charge in [0.05, 0.1) is 6.04 Å². The molecule has 0 aliphatic heterocycles. The number of furan rings is 1. The van der Waals surface area contributed by atoms with E-state index in [1.54, 1.807) is 12.1 Å². The van der Waals surface area contributed by atoms with Gasteiger partial charge in [-0.15, -0.1) is 0 Å². The third kappa shape index (κ3) is 2.69. The monoisotopic (exact) mass is 283 g/mol. The van der Waals surface area contributed by atoms with E-state index in [2.05, 4.69) is 18.3 Å². The van der Waals surface area contributed by atoms with Crippen LogP contribution in [-0.4, -0.2) is 0 Å². The van der Waals surface area contributed by atoms with Crippen molar-refractivity contribution in [2.24, 2.45) is 0 Å². The van der Waals surface area contributed by atoms with E-state index in [1.165, 1.54) is 6.07 Å². The third-order valence-electron chi connectivity index (χ3n) is 3.83. The number of benzene rings is 2. The molecule has 1 aromatic heterocycles. The van der Waals surface area contributed by atoms with Gasteiger partial charge in [-0.3, -0.25) is 0 Å². The van der Waals surface area contributed by atoms with Crippen LogP contribution >= 0.6 is 0 Å². The summed E-state index contributed by atoms with van der Waals surface area (Å²) < 4.78 is 19.5. The highest BCUT2D eigenvalue weighted by atomic mass is 19.1. The van der Waals surface area contributed by atoms with Crippen LogP contribution in [0, 0.1) is 12.7 Å². The highest BCUT2D eigenvalue weighted by Gasteiger charge is 2.16. The number of rotatable bonds is 4. The molecule has 3 rings (SSSR count). The summed E-state index contributed by atoms with van der Waals surface area (Å²) in [4.78, 5) is 0. The Morgan fingerprint density at radius 1 is 1.10 bits per heavy atom. The van der Waals surface area contributed by atoms with E-state index in [9.17, 15) is 4.39 Å². The van der Waals surface area contributed by atoms with Crippen LogP contribution in [0.25, 0.3) is 11.0 Å². The maximum absolute atomic E-state index is 13.6. The lowest BCUT2D eigenvalue weighted by Crippen LogP contribution is -2.18. The fourth-order valence-corrected chi connectivity index (χ4v) is 2.60. The molecule has 2 nitrogen and oxygen atoms in total. The van der Waals surface area contributed by atoms with Gasteiger partial charge in [0.15, 0.2) is 0 Å². The molecule has 0 saturated heterocycles. The van der Waals surface area contributed by atoms with Crippen LogP contribution in [-0.2, 0) is 6.54 Å². The van der Waals surface area contributed by atoms with Crippen molar-refractivity contribution in [3.8, 4) is 0 Å². The van der Waals surface area contributed by atoms with Gasteiger partial charge in [0.2, 0.25) is 0 Å². The maximum Gasteiger partial charge on any atom is 0.134 e. The Morgan fingerprint density at radius 3 is 2.57 bits per heavy atom. The highest BCUT2D eigenvalue weighted by molar-refractivity contribution is 5.82. The summed E-state index contributed by atoms with van der Waals surface area (Å²) >= 11 is 0. The van der Waals surface area contributed by atoms with E-state index < -0.39 is 0 Å². The topological polar surface area (TPSA) is 25.2 Å². The fourth-order valence-electron chi connectivity index (χ4n) is 2.60. The largest absolute Gasteiger partial charge is 0.459 e. The lowest BCUT2D eigenvalue weighted by molar-refractivity contribution is 0.443. The minimum absolute atomic E-state index is 0.0250. The molecule has 0 radical (unpaired) electrons. The van der Waals surface area contributed by atoms with Gasteiger partial charge in [-0.2, -0.15) is 0 Å². The zero-order chi connectivity index (χ0) is 14.8. The number of fused-ring (bicyclic) bond motifs is 1. The SMILES string of the molecule is Cc1c(C(C)NCc2ccccc2F)oc2ccccc12. The summed E-state index contributed by atoms with van der Waals surface area (Å²) in [6.45, 7) is 4.57. The molecule has 0 amide bonds. The Labute approximate surface area is 123 Å². The van der Waals surface area contributed by atoms with Crippen molar-refractivity contribution in [3.05, 3.63) is 71.2 Å². The summed E-state index contributed by atoms with van der Waals surface area (Å²) in [7, 11) is 0. The van der Waals surface area contributed by atoms with E-state index >= 15 is 0 Å². The lowest BCUT2D eigenvalue weighted by atomic mass is 10.1. The van der Waals surface area contributed by atoms with Gasteiger partial charge in [0.1, 0.15) is 17.2 Å². The average molecular weight is 283 g/mol. The first kappa shape index (κ1) is 13.8. The Kier molecular flexibility index (Phi) is 3.76. The molecular formula is C18H18FNO. The predicted octanol–water partition coefficient (Wildman–Crippen LogP) is 4.73. The zero-order valence-electron chi connectivity index (χ0n) is 12.2. The Balaban J connectivity index is 1.80. The molecule has 0 aliphatic rings. The van der Waals surface area contributed by atoms with Crippen molar-refractivity contribution < 1.29 is 8.81 Å². The Hall–Kier alpha value is -2.13. The predicted molar refractivity (Wildman–Crippen MR) is 82.6 cm³/mol. The van der Waals surface area contributed by atoms with Crippen molar-refractivity contribution in [2.45, 2.75) is 26.4 Å². The second-order valence-corrected chi connectivity index (χ2v) is 5.28. The smallest absolute Gasteiger partial charge is 0.134 e. The molecule has 3 heteroatoms. The molecule has 0 spiro atoms. The van der Waals surface area contributed by atoms with Gasteiger partial charge in [-0.25, -0.2) is 4.39 Å².